The van der Waals surface area contributed by atoms with Gasteiger partial charge in [-0.1, -0.05) is 13.0 Å². The Balaban J connectivity index is 1.69. The molecule has 0 atom stereocenters. The molecule has 8 nitrogen and oxygen atoms in total. The SMILES string of the molecule is CCc1cc(Nc2nc(NCc3ccc(F)cn3)nc3cccc(OC)c23)n[nH]1. The van der Waals surface area contributed by atoms with Crippen molar-refractivity contribution in [3.05, 3.63) is 59.8 Å². The first-order chi connectivity index (χ1) is 14.2. The number of nitrogens with zero attached hydrogens (tertiary/aromatic N) is 4. The van der Waals surface area contributed by atoms with Crippen molar-refractivity contribution in [2.75, 3.05) is 17.7 Å². The van der Waals surface area contributed by atoms with Crippen LogP contribution >= 0.6 is 0 Å². The number of pyridine rings is 1. The topological polar surface area (TPSA) is 101 Å². The maximum Gasteiger partial charge on any atom is 0.225 e. The second-order valence-electron chi connectivity index (χ2n) is 6.33. The van der Waals surface area contributed by atoms with E-state index >= 15 is 0 Å². The van der Waals surface area contributed by atoms with Gasteiger partial charge in [-0.3, -0.25) is 10.1 Å². The fourth-order valence-corrected chi connectivity index (χ4v) is 2.90. The van der Waals surface area contributed by atoms with Crippen molar-refractivity contribution < 1.29 is 9.13 Å². The van der Waals surface area contributed by atoms with Gasteiger partial charge in [0, 0.05) is 11.8 Å². The number of ether oxygens (including phenoxy) is 1. The van der Waals surface area contributed by atoms with E-state index in [9.17, 15) is 4.39 Å². The minimum absolute atomic E-state index is 0.359. The van der Waals surface area contributed by atoms with Crippen LogP contribution in [0.4, 0.5) is 22.0 Å². The molecule has 0 amide bonds. The summed E-state index contributed by atoms with van der Waals surface area (Å²) in [6.07, 6.45) is 2.03. The van der Waals surface area contributed by atoms with E-state index in [2.05, 4.69) is 35.8 Å². The Morgan fingerprint density at radius 2 is 2.07 bits per heavy atom. The standard InChI is InChI=1S/C20H20FN7O/c1-3-13-9-17(28-27-13)25-19-18-15(5-4-6-16(18)29-2)24-20(26-19)23-11-14-8-7-12(21)10-22-14/h4-10H,3,11H2,1-2H3,(H3,23,24,25,26,27,28). The van der Waals surface area contributed by atoms with Gasteiger partial charge in [0.2, 0.25) is 5.95 Å². The third-order valence-electron chi connectivity index (χ3n) is 4.38. The lowest BCUT2D eigenvalue weighted by Gasteiger charge is -2.13. The first-order valence-corrected chi connectivity index (χ1v) is 9.16. The molecule has 0 fully saturated rings. The molecule has 3 heterocycles. The van der Waals surface area contributed by atoms with Crippen LogP contribution in [0.2, 0.25) is 0 Å². The van der Waals surface area contributed by atoms with Gasteiger partial charge in [-0.2, -0.15) is 10.1 Å². The highest BCUT2D eigenvalue weighted by atomic mass is 19.1. The van der Waals surface area contributed by atoms with E-state index in [1.807, 2.05) is 31.2 Å². The third kappa shape index (κ3) is 4.08. The summed E-state index contributed by atoms with van der Waals surface area (Å²) in [6, 6.07) is 10.5. The number of nitrogens with one attached hydrogen (secondary N) is 3. The Hall–Kier alpha value is -3.75. The van der Waals surface area contributed by atoms with Crippen LogP contribution in [0.1, 0.15) is 18.3 Å². The first-order valence-electron chi connectivity index (χ1n) is 9.16. The second-order valence-corrected chi connectivity index (χ2v) is 6.33. The van der Waals surface area contributed by atoms with Gasteiger partial charge in [0.25, 0.3) is 0 Å². The van der Waals surface area contributed by atoms with Gasteiger partial charge in [0.15, 0.2) is 5.82 Å². The molecule has 4 aromatic rings. The van der Waals surface area contributed by atoms with E-state index in [1.54, 1.807) is 13.2 Å². The van der Waals surface area contributed by atoms with Gasteiger partial charge < -0.3 is 15.4 Å². The predicted octanol–water partition coefficient (Wildman–Crippen LogP) is 3.81. The number of hydrogen-bond donors (Lipinski definition) is 3. The summed E-state index contributed by atoms with van der Waals surface area (Å²) in [5.41, 5.74) is 2.40. The smallest absolute Gasteiger partial charge is 0.225 e. The molecule has 0 spiro atoms. The van der Waals surface area contributed by atoms with E-state index < -0.39 is 0 Å². The lowest BCUT2D eigenvalue weighted by molar-refractivity contribution is 0.420. The summed E-state index contributed by atoms with van der Waals surface area (Å²) in [5, 5.41) is 14.4. The molecule has 0 aliphatic heterocycles. The van der Waals surface area contributed by atoms with Crippen LogP contribution in [0.5, 0.6) is 5.75 Å². The quantitative estimate of drug-likeness (QED) is 0.439. The van der Waals surface area contributed by atoms with Crippen LogP contribution in [0, 0.1) is 5.82 Å². The van der Waals surface area contributed by atoms with Gasteiger partial charge in [0.1, 0.15) is 17.4 Å². The van der Waals surface area contributed by atoms with Crippen LogP contribution in [-0.2, 0) is 13.0 Å². The van der Waals surface area contributed by atoms with Crippen LogP contribution in [0.25, 0.3) is 10.9 Å². The Labute approximate surface area is 166 Å². The monoisotopic (exact) mass is 393 g/mol. The number of hydrogen-bond acceptors (Lipinski definition) is 7. The van der Waals surface area contributed by atoms with E-state index in [4.69, 9.17) is 4.74 Å². The molecule has 148 valence electrons. The number of aryl methyl sites for hydroxylation is 1. The minimum Gasteiger partial charge on any atom is -0.496 e. The molecule has 0 aliphatic carbocycles. The molecule has 1 aromatic carbocycles. The number of rotatable bonds is 7. The zero-order valence-electron chi connectivity index (χ0n) is 16.0. The number of anilines is 3. The van der Waals surface area contributed by atoms with Crippen LogP contribution in [0.15, 0.2) is 42.6 Å². The van der Waals surface area contributed by atoms with Crippen molar-refractivity contribution in [1.82, 2.24) is 25.1 Å². The summed E-state index contributed by atoms with van der Waals surface area (Å²) >= 11 is 0. The number of benzene rings is 1. The van der Waals surface area contributed by atoms with Crippen LogP contribution in [-0.4, -0.2) is 32.3 Å². The summed E-state index contributed by atoms with van der Waals surface area (Å²) < 4.78 is 18.5. The van der Waals surface area contributed by atoms with Crippen molar-refractivity contribution in [2.45, 2.75) is 19.9 Å². The molecule has 4 rings (SSSR count). The van der Waals surface area contributed by atoms with Crippen LogP contribution < -0.4 is 15.4 Å². The Bertz CT molecular complexity index is 1130. The lowest BCUT2D eigenvalue weighted by atomic mass is 10.2. The van der Waals surface area contributed by atoms with Gasteiger partial charge in [-0.15, -0.1) is 0 Å². The first kappa shape index (κ1) is 18.6. The van der Waals surface area contributed by atoms with E-state index in [0.717, 1.165) is 17.5 Å². The normalized spacial score (nSPS) is 10.9. The Morgan fingerprint density at radius 1 is 1.17 bits per heavy atom. The molecule has 3 aromatic heterocycles. The highest BCUT2D eigenvalue weighted by Crippen LogP contribution is 2.32. The molecule has 0 aliphatic rings. The van der Waals surface area contributed by atoms with Crippen molar-refractivity contribution >= 4 is 28.5 Å². The molecule has 9 heteroatoms. The number of H-pyrrole nitrogens is 1. The Morgan fingerprint density at radius 3 is 2.79 bits per heavy atom. The van der Waals surface area contributed by atoms with Gasteiger partial charge in [0.05, 0.1) is 36.4 Å². The van der Waals surface area contributed by atoms with E-state index in [0.29, 0.717) is 41.1 Å². The molecule has 0 radical (unpaired) electrons. The Kier molecular flexibility index (Phi) is 5.19. The highest BCUT2D eigenvalue weighted by Gasteiger charge is 2.14. The van der Waals surface area contributed by atoms with Crippen LogP contribution in [0.3, 0.4) is 0 Å². The molecular weight excluding hydrogens is 373 g/mol. The fourth-order valence-electron chi connectivity index (χ4n) is 2.90. The summed E-state index contributed by atoms with van der Waals surface area (Å²) in [5.74, 6) is 1.91. The maximum absolute atomic E-state index is 13.0. The molecule has 29 heavy (non-hydrogen) atoms. The molecule has 0 saturated carbocycles. The average Bonchev–Trinajstić information content (AvgIpc) is 3.20. The number of aromatic amines is 1. The lowest BCUT2D eigenvalue weighted by Crippen LogP contribution is -2.07. The molecule has 0 bridgehead atoms. The summed E-state index contributed by atoms with van der Waals surface area (Å²) in [6.45, 7) is 2.41. The minimum atomic E-state index is -0.375. The second kappa shape index (κ2) is 8.09. The van der Waals surface area contributed by atoms with E-state index in [1.165, 1.54) is 12.3 Å². The molecule has 3 N–H and O–H groups in total. The summed E-state index contributed by atoms with van der Waals surface area (Å²) in [4.78, 5) is 13.2. The van der Waals surface area contributed by atoms with Gasteiger partial charge >= 0.3 is 0 Å². The third-order valence-corrected chi connectivity index (χ3v) is 4.38. The maximum atomic E-state index is 13.0. The zero-order valence-corrected chi connectivity index (χ0v) is 16.0. The fraction of sp³-hybridized carbons (Fsp3) is 0.200. The largest absolute Gasteiger partial charge is 0.496 e. The number of aromatic nitrogens is 5. The van der Waals surface area contributed by atoms with Gasteiger partial charge in [-0.05, 0) is 30.7 Å². The number of fused-ring (bicyclic) bond motifs is 1. The molecular formula is C20H20FN7O. The highest BCUT2D eigenvalue weighted by molar-refractivity contribution is 5.96. The zero-order chi connectivity index (χ0) is 20.2. The summed E-state index contributed by atoms with van der Waals surface area (Å²) in [7, 11) is 1.61. The molecule has 0 unspecified atom stereocenters. The predicted molar refractivity (Wildman–Crippen MR) is 109 cm³/mol. The number of methoxy groups -OCH3 is 1. The van der Waals surface area contributed by atoms with Crippen molar-refractivity contribution in [3.8, 4) is 5.75 Å². The van der Waals surface area contributed by atoms with E-state index in [-0.39, 0.29) is 5.82 Å². The van der Waals surface area contributed by atoms with Gasteiger partial charge in [-0.25, -0.2) is 9.37 Å². The average molecular weight is 393 g/mol. The van der Waals surface area contributed by atoms with Crippen molar-refractivity contribution in [2.24, 2.45) is 0 Å². The number of halogens is 1. The van der Waals surface area contributed by atoms with Crippen molar-refractivity contribution in [3.63, 3.8) is 0 Å². The molecule has 0 saturated heterocycles. The van der Waals surface area contributed by atoms with Crippen molar-refractivity contribution in [1.29, 1.82) is 0 Å².